The highest BCUT2D eigenvalue weighted by molar-refractivity contribution is 5.83. The molecule has 1 rings (SSSR count). The van der Waals surface area contributed by atoms with Gasteiger partial charge in [0, 0.05) is 5.69 Å². The lowest BCUT2D eigenvalue weighted by atomic mass is 10.1. The Bertz CT molecular complexity index is 306. The summed E-state index contributed by atoms with van der Waals surface area (Å²) in [5, 5.41) is 3.09. The number of nitrogens with one attached hydrogen (secondary N) is 1. The zero-order valence-corrected chi connectivity index (χ0v) is 8.70. The lowest BCUT2D eigenvalue weighted by Crippen LogP contribution is -2.41. The van der Waals surface area contributed by atoms with Crippen molar-refractivity contribution in [2.75, 3.05) is 12.4 Å². The Hall–Kier alpha value is -1.51. The SMILES string of the molecule is COC(=O)C(C)(C)Nc1ccccc1. The molecule has 0 atom stereocenters. The van der Waals surface area contributed by atoms with E-state index < -0.39 is 5.54 Å². The standard InChI is InChI=1S/C11H15NO2/c1-11(2,10(13)14-3)12-9-7-5-4-6-8-9/h4-8,12H,1-3H3. The molecule has 1 N–H and O–H groups in total. The number of hydrogen-bond donors (Lipinski definition) is 1. The molecule has 0 bridgehead atoms. The van der Waals surface area contributed by atoms with Crippen LogP contribution in [0.4, 0.5) is 5.69 Å². The number of rotatable bonds is 3. The third kappa shape index (κ3) is 2.49. The van der Waals surface area contributed by atoms with Gasteiger partial charge in [0.2, 0.25) is 0 Å². The van der Waals surface area contributed by atoms with Gasteiger partial charge in [-0.15, -0.1) is 0 Å². The van der Waals surface area contributed by atoms with Crippen LogP contribution in [0.1, 0.15) is 13.8 Å². The van der Waals surface area contributed by atoms with Gasteiger partial charge in [-0.3, -0.25) is 0 Å². The highest BCUT2D eigenvalue weighted by atomic mass is 16.5. The van der Waals surface area contributed by atoms with Crippen molar-refractivity contribution in [1.82, 2.24) is 0 Å². The largest absolute Gasteiger partial charge is 0.467 e. The minimum Gasteiger partial charge on any atom is -0.467 e. The van der Waals surface area contributed by atoms with Gasteiger partial charge < -0.3 is 10.1 Å². The summed E-state index contributed by atoms with van der Waals surface area (Å²) >= 11 is 0. The van der Waals surface area contributed by atoms with Gasteiger partial charge in [-0.1, -0.05) is 18.2 Å². The number of methoxy groups -OCH3 is 1. The van der Waals surface area contributed by atoms with Crippen molar-refractivity contribution in [2.24, 2.45) is 0 Å². The van der Waals surface area contributed by atoms with Gasteiger partial charge in [-0.2, -0.15) is 0 Å². The normalized spacial score (nSPS) is 10.8. The van der Waals surface area contributed by atoms with E-state index in [-0.39, 0.29) is 5.97 Å². The molecule has 3 nitrogen and oxygen atoms in total. The molecule has 0 saturated carbocycles. The Morgan fingerprint density at radius 3 is 2.36 bits per heavy atom. The molecule has 0 fully saturated rings. The summed E-state index contributed by atoms with van der Waals surface area (Å²) in [5.74, 6) is -0.277. The average Bonchev–Trinajstić information content (AvgIpc) is 2.17. The first-order chi connectivity index (χ1) is 6.56. The minimum atomic E-state index is -0.698. The molecule has 0 heterocycles. The van der Waals surface area contributed by atoms with Crippen LogP contribution >= 0.6 is 0 Å². The number of carbonyl (C=O) groups excluding carboxylic acids is 1. The second-order valence-corrected chi connectivity index (χ2v) is 3.61. The van der Waals surface area contributed by atoms with E-state index in [1.165, 1.54) is 7.11 Å². The fraction of sp³-hybridized carbons (Fsp3) is 0.364. The van der Waals surface area contributed by atoms with Crippen LogP contribution in [0.2, 0.25) is 0 Å². The molecule has 0 aromatic heterocycles. The third-order valence-corrected chi connectivity index (χ3v) is 1.93. The number of esters is 1. The van der Waals surface area contributed by atoms with Gasteiger partial charge >= 0.3 is 5.97 Å². The number of para-hydroxylation sites is 1. The van der Waals surface area contributed by atoms with Crippen LogP contribution in [-0.4, -0.2) is 18.6 Å². The molecule has 0 unspecified atom stereocenters. The van der Waals surface area contributed by atoms with E-state index >= 15 is 0 Å². The summed E-state index contributed by atoms with van der Waals surface area (Å²) < 4.78 is 4.69. The molecule has 1 aromatic rings. The number of hydrogen-bond acceptors (Lipinski definition) is 3. The Morgan fingerprint density at radius 2 is 1.86 bits per heavy atom. The summed E-state index contributed by atoms with van der Waals surface area (Å²) in [7, 11) is 1.39. The zero-order chi connectivity index (χ0) is 10.6. The van der Waals surface area contributed by atoms with E-state index in [0.717, 1.165) is 5.69 Å². The van der Waals surface area contributed by atoms with Gasteiger partial charge in [0.15, 0.2) is 0 Å². The molecule has 0 saturated heterocycles. The molecule has 3 heteroatoms. The highest BCUT2D eigenvalue weighted by Gasteiger charge is 2.27. The number of benzene rings is 1. The quantitative estimate of drug-likeness (QED) is 0.747. The molecule has 0 amide bonds. The summed E-state index contributed by atoms with van der Waals surface area (Å²) in [5.41, 5.74) is 0.207. The van der Waals surface area contributed by atoms with Crippen LogP contribution in [0.15, 0.2) is 30.3 Å². The first-order valence-corrected chi connectivity index (χ1v) is 4.48. The van der Waals surface area contributed by atoms with Crippen LogP contribution in [0.5, 0.6) is 0 Å². The molecular formula is C11H15NO2. The summed E-state index contributed by atoms with van der Waals surface area (Å²) in [6.45, 7) is 3.57. The molecule has 0 radical (unpaired) electrons. The Labute approximate surface area is 84.1 Å². The van der Waals surface area contributed by atoms with E-state index in [1.54, 1.807) is 13.8 Å². The summed E-state index contributed by atoms with van der Waals surface area (Å²) in [6, 6.07) is 9.57. The van der Waals surface area contributed by atoms with E-state index in [1.807, 2.05) is 30.3 Å². The van der Waals surface area contributed by atoms with Crippen LogP contribution < -0.4 is 5.32 Å². The zero-order valence-electron chi connectivity index (χ0n) is 8.70. The van der Waals surface area contributed by atoms with Gasteiger partial charge in [-0.25, -0.2) is 4.79 Å². The predicted octanol–water partition coefficient (Wildman–Crippen LogP) is 2.05. The maximum Gasteiger partial charge on any atom is 0.330 e. The second kappa shape index (κ2) is 4.13. The average molecular weight is 193 g/mol. The van der Waals surface area contributed by atoms with Crippen molar-refractivity contribution < 1.29 is 9.53 Å². The van der Waals surface area contributed by atoms with E-state index in [4.69, 9.17) is 0 Å². The first-order valence-electron chi connectivity index (χ1n) is 4.48. The monoisotopic (exact) mass is 193 g/mol. The second-order valence-electron chi connectivity index (χ2n) is 3.61. The molecule has 76 valence electrons. The van der Waals surface area contributed by atoms with Crippen molar-refractivity contribution in [3.63, 3.8) is 0 Å². The van der Waals surface area contributed by atoms with Gasteiger partial charge in [-0.05, 0) is 26.0 Å². The lowest BCUT2D eigenvalue weighted by molar-refractivity contribution is -0.144. The van der Waals surface area contributed by atoms with E-state index in [9.17, 15) is 4.79 Å². The number of ether oxygens (including phenoxy) is 1. The van der Waals surface area contributed by atoms with Crippen molar-refractivity contribution in [3.05, 3.63) is 30.3 Å². The third-order valence-electron chi connectivity index (χ3n) is 1.93. The molecule has 0 aliphatic heterocycles. The summed E-state index contributed by atoms with van der Waals surface area (Å²) in [6.07, 6.45) is 0. The van der Waals surface area contributed by atoms with Crippen LogP contribution in [0.3, 0.4) is 0 Å². The van der Waals surface area contributed by atoms with Gasteiger partial charge in [0.25, 0.3) is 0 Å². The molecule has 1 aromatic carbocycles. The van der Waals surface area contributed by atoms with Crippen LogP contribution in [0.25, 0.3) is 0 Å². The lowest BCUT2D eigenvalue weighted by Gasteiger charge is -2.24. The maximum absolute atomic E-state index is 11.4. The van der Waals surface area contributed by atoms with Crippen molar-refractivity contribution in [1.29, 1.82) is 0 Å². The fourth-order valence-electron chi connectivity index (χ4n) is 1.19. The molecule has 0 aliphatic rings. The summed E-state index contributed by atoms with van der Waals surface area (Å²) in [4.78, 5) is 11.4. The van der Waals surface area contributed by atoms with Crippen LogP contribution in [0, 0.1) is 0 Å². The molecule has 14 heavy (non-hydrogen) atoms. The number of anilines is 1. The van der Waals surface area contributed by atoms with Gasteiger partial charge in [0.05, 0.1) is 7.11 Å². The maximum atomic E-state index is 11.4. The topological polar surface area (TPSA) is 38.3 Å². The van der Waals surface area contributed by atoms with Crippen molar-refractivity contribution >= 4 is 11.7 Å². The van der Waals surface area contributed by atoms with Gasteiger partial charge in [0.1, 0.15) is 5.54 Å². The molecule has 0 aliphatic carbocycles. The van der Waals surface area contributed by atoms with Crippen molar-refractivity contribution in [2.45, 2.75) is 19.4 Å². The number of carbonyl (C=O) groups is 1. The predicted molar refractivity (Wildman–Crippen MR) is 56.2 cm³/mol. The van der Waals surface area contributed by atoms with E-state index in [2.05, 4.69) is 10.1 Å². The van der Waals surface area contributed by atoms with Crippen molar-refractivity contribution in [3.8, 4) is 0 Å². The Morgan fingerprint density at radius 1 is 1.29 bits per heavy atom. The minimum absolute atomic E-state index is 0.277. The smallest absolute Gasteiger partial charge is 0.330 e. The highest BCUT2D eigenvalue weighted by Crippen LogP contribution is 2.15. The fourth-order valence-corrected chi connectivity index (χ4v) is 1.19. The molecular weight excluding hydrogens is 178 g/mol. The Kier molecular flexibility index (Phi) is 3.12. The molecule has 0 spiro atoms. The first kappa shape index (κ1) is 10.6. The Balaban J connectivity index is 2.73. The van der Waals surface area contributed by atoms with Crippen LogP contribution in [-0.2, 0) is 9.53 Å². The van der Waals surface area contributed by atoms with E-state index in [0.29, 0.717) is 0 Å².